The Bertz CT molecular complexity index is 2120. The van der Waals surface area contributed by atoms with E-state index in [2.05, 4.69) is 82.7 Å². The third-order valence-corrected chi connectivity index (χ3v) is 13.9. The van der Waals surface area contributed by atoms with Gasteiger partial charge in [0.25, 0.3) is 0 Å². The number of phenols is 1. The second kappa shape index (κ2) is 23.2. The summed E-state index contributed by atoms with van der Waals surface area (Å²) in [4.78, 5) is 26.5. The highest BCUT2D eigenvalue weighted by Gasteiger charge is 2.42. The number of hydrogen-bond acceptors (Lipinski definition) is 9. The molecule has 63 heavy (non-hydrogen) atoms. The molecule has 0 spiro atoms. The zero-order chi connectivity index (χ0) is 44.0. The fourth-order valence-electron chi connectivity index (χ4n) is 10.7. The Kier molecular flexibility index (Phi) is 17.0. The molecule has 9 heteroatoms. The molecule has 0 saturated carbocycles. The molecule has 2 fully saturated rings. The van der Waals surface area contributed by atoms with Gasteiger partial charge in [0.05, 0.1) is 19.7 Å². The van der Waals surface area contributed by atoms with Crippen LogP contribution in [0.25, 0.3) is 6.08 Å². The summed E-state index contributed by atoms with van der Waals surface area (Å²) in [5.41, 5.74) is 15.6. The highest BCUT2D eigenvalue weighted by molar-refractivity contribution is 6.06. The van der Waals surface area contributed by atoms with Crippen molar-refractivity contribution < 1.29 is 24.5 Å². The lowest BCUT2D eigenvalue weighted by Gasteiger charge is -2.48. The highest BCUT2D eigenvalue weighted by atomic mass is 16.5. The summed E-state index contributed by atoms with van der Waals surface area (Å²) in [5, 5.41) is 31.4. The van der Waals surface area contributed by atoms with E-state index in [-0.39, 0.29) is 36.5 Å². The van der Waals surface area contributed by atoms with Crippen molar-refractivity contribution in [3.8, 4) is 11.5 Å². The number of phenolic OH excluding ortho intramolecular Hbond substituents is 1. The van der Waals surface area contributed by atoms with Gasteiger partial charge in [-0.3, -0.25) is 9.59 Å². The topological polar surface area (TPSA) is 146 Å². The molecule has 6 atom stereocenters. The molecular weight excluding hydrogens is 785 g/mol. The van der Waals surface area contributed by atoms with Crippen molar-refractivity contribution in [3.05, 3.63) is 136 Å². The van der Waals surface area contributed by atoms with E-state index in [9.17, 15) is 19.8 Å². The first kappa shape index (κ1) is 46.2. The van der Waals surface area contributed by atoms with Crippen LogP contribution in [0.2, 0.25) is 0 Å². The number of aliphatic hydroxyl groups is 1. The zero-order valence-corrected chi connectivity index (χ0v) is 37.3. The number of carbonyl (C=O) groups is 2. The fourth-order valence-corrected chi connectivity index (χ4v) is 10.7. The summed E-state index contributed by atoms with van der Waals surface area (Å²) in [6.07, 6.45) is 22.0. The van der Waals surface area contributed by atoms with Gasteiger partial charge in [0.1, 0.15) is 5.78 Å². The van der Waals surface area contributed by atoms with Gasteiger partial charge in [-0.1, -0.05) is 78.7 Å². The van der Waals surface area contributed by atoms with Crippen molar-refractivity contribution in [2.75, 3.05) is 33.4 Å². The van der Waals surface area contributed by atoms with Crippen molar-refractivity contribution in [2.24, 2.45) is 29.4 Å². The second-order valence-electron chi connectivity index (χ2n) is 18.4. The largest absolute Gasteiger partial charge is 0.504 e. The number of Topliss-reactive ketones (excluding diaryl/α,β-unsaturated/α-hetero) is 1. The Morgan fingerprint density at radius 1 is 0.921 bits per heavy atom. The van der Waals surface area contributed by atoms with E-state index in [1.165, 1.54) is 49.1 Å². The predicted molar refractivity (Wildman–Crippen MR) is 253 cm³/mol. The smallest absolute Gasteiger partial charge is 0.163 e. The summed E-state index contributed by atoms with van der Waals surface area (Å²) < 4.78 is 5.46. The summed E-state index contributed by atoms with van der Waals surface area (Å²) in [6.45, 7) is 3.39. The van der Waals surface area contributed by atoms with Crippen LogP contribution in [-0.4, -0.2) is 67.3 Å². The lowest BCUT2D eigenvalue weighted by atomic mass is 9.63. The molecule has 0 radical (unpaired) electrons. The average molecular weight is 855 g/mol. The Morgan fingerprint density at radius 2 is 1.70 bits per heavy atom. The van der Waals surface area contributed by atoms with Crippen LogP contribution >= 0.6 is 0 Å². The molecular formula is C54H70N4O5. The quantitative estimate of drug-likeness (QED) is 0.0336. The van der Waals surface area contributed by atoms with Gasteiger partial charge in [-0.2, -0.15) is 0 Å². The average Bonchev–Trinajstić information content (AvgIpc) is 3.30. The Morgan fingerprint density at radius 3 is 2.51 bits per heavy atom. The molecule has 3 heterocycles. The first-order valence-electron chi connectivity index (χ1n) is 23.7. The van der Waals surface area contributed by atoms with Gasteiger partial charge in [0, 0.05) is 31.8 Å². The van der Waals surface area contributed by atoms with Gasteiger partial charge < -0.3 is 36.6 Å². The summed E-state index contributed by atoms with van der Waals surface area (Å²) >= 11 is 0. The van der Waals surface area contributed by atoms with Crippen LogP contribution in [0.3, 0.4) is 0 Å². The second-order valence-corrected chi connectivity index (χ2v) is 18.4. The van der Waals surface area contributed by atoms with E-state index in [4.69, 9.17) is 10.5 Å². The van der Waals surface area contributed by atoms with Crippen LogP contribution in [0, 0.1) is 23.7 Å². The molecule has 7 N–H and O–H groups in total. The third kappa shape index (κ3) is 13.1. The Labute approximate surface area is 375 Å². The predicted octanol–water partition coefficient (Wildman–Crippen LogP) is 8.08. The van der Waals surface area contributed by atoms with E-state index >= 15 is 0 Å². The molecule has 336 valence electrons. The molecule has 0 aromatic heterocycles. The van der Waals surface area contributed by atoms with Crippen molar-refractivity contribution in [1.29, 1.82) is 0 Å². The normalized spacial score (nSPS) is 22.5. The van der Waals surface area contributed by atoms with Crippen molar-refractivity contribution in [3.63, 3.8) is 0 Å². The molecule has 3 aliphatic heterocycles. The molecule has 0 amide bonds. The highest BCUT2D eigenvalue weighted by Crippen LogP contribution is 2.44. The molecule has 7 rings (SSSR count). The summed E-state index contributed by atoms with van der Waals surface area (Å²) in [7, 11) is 1.51. The number of hydrogen-bond donors (Lipinski definition) is 6. The number of dihydropyridines is 1. The van der Waals surface area contributed by atoms with Crippen LogP contribution in [0.1, 0.15) is 98.4 Å². The van der Waals surface area contributed by atoms with Gasteiger partial charge in [-0.25, -0.2) is 0 Å². The molecule has 3 aromatic rings. The molecule has 0 bridgehead atoms. The number of aryl methyl sites for hydroxylation is 3. The lowest BCUT2D eigenvalue weighted by Crippen LogP contribution is -2.52. The summed E-state index contributed by atoms with van der Waals surface area (Å²) in [6, 6.07) is 23.3. The monoisotopic (exact) mass is 855 g/mol. The molecule has 3 aromatic carbocycles. The maximum atomic E-state index is 13.3. The molecule has 4 aliphatic rings. The van der Waals surface area contributed by atoms with Crippen molar-refractivity contribution in [1.82, 2.24) is 16.0 Å². The van der Waals surface area contributed by atoms with Gasteiger partial charge in [0.2, 0.25) is 0 Å². The number of piperidine rings is 2. The van der Waals surface area contributed by atoms with Gasteiger partial charge in [-0.05, 0) is 177 Å². The van der Waals surface area contributed by atoms with Crippen LogP contribution in [0.4, 0.5) is 0 Å². The zero-order valence-electron chi connectivity index (χ0n) is 37.3. The van der Waals surface area contributed by atoms with Crippen molar-refractivity contribution >= 4 is 17.6 Å². The minimum atomic E-state index is -0.301. The van der Waals surface area contributed by atoms with E-state index in [1.54, 1.807) is 23.8 Å². The first-order chi connectivity index (χ1) is 30.8. The van der Waals surface area contributed by atoms with E-state index in [1.807, 2.05) is 6.20 Å². The van der Waals surface area contributed by atoms with Crippen LogP contribution in [-0.2, 0) is 35.3 Å². The SMILES string of the molecule is COc1cc(/C=C/C(=O)CC(=O)CCC[C@H](CCCO)C[C@H]2[C@@H]3CCNC[C@@H]3C=C3CCCN[C@H]32)c(CC2=CNC(N)C=C2CCc2cccc(CCc3ccccc3)c2)cc1O. The maximum absolute atomic E-state index is 13.3. The number of fused-ring (bicyclic) bond motifs is 2. The Balaban J connectivity index is 0.941. The number of aliphatic hydroxyl groups excluding tert-OH is 1. The van der Waals surface area contributed by atoms with Crippen LogP contribution < -0.4 is 26.4 Å². The number of ether oxygens (including phenoxy) is 1. The van der Waals surface area contributed by atoms with Gasteiger partial charge >= 0.3 is 0 Å². The fraction of sp³-hybridized carbons (Fsp3) is 0.481. The molecule has 9 nitrogen and oxygen atoms in total. The number of methoxy groups -OCH3 is 1. The molecule has 1 unspecified atom stereocenters. The molecule has 1 aliphatic carbocycles. The van der Waals surface area contributed by atoms with Crippen molar-refractivity contribution in [2.45, 2.75) is 109 Å². The maximum Gasteiger partial charge on any atom is 0.163 e. The number of benzene rings is 3. The van der Waals surface area contributed by atoms with E-state index in [0.29, 0.717) is 48.3 Å². The number of carbonyl (C=O) groups excluding carboxylic acids is 2. The standard InChI is InChI=1S/C54H70N4O5/c1-63-52-32-41(44(31-51(52)62)30-45-36-58-53(55)33-42(45)20-19-40-12-5-11-39(27-40)18-17-37-9-3-2-4-10-37)21-22-48(61)34-47(60)16-6-13-38(14-8-26-59)28-50-49-23-25-56-35-46(49)29-43-15-7-24-57-54(43)50/h2-5,9-12,21-22,27,29,31-33,36,38,46,49-50,53-54,56-59,62H,6-8,13-20,23-26,28,30,34-35,55H2,1H3/b22-21+/t38-,46+,49-,50+,53?,54-/m1/s1. The van der Waals surface area contributed by atoms with Crippen LogP contribution in [0.15, 0.2) is 108 Å². The minimum absolute atomic E-state index is 0.0216. The summed E-state index contributed by atoms with van der Waals surface area (Å²) in [5.74, 6) is 2.33. The number of ketones is 2. The Hall–Kier alpha value is -4.80. The minimum Gasteiger partial charge on any atom is -0.504 e. The first-order valence-corrected chi connectivity index (χ1v) is 23.7. The molecule has 2 saturated heterocycles. The van der Waals surface area contributed by atoms with Crippen LogP contribution in [0.5, 0.6) is 11.5 Å². The lowest BCUT2D eigenvalue weighted by molar-refractivity contribution is -0.124. The number of allylic oxidation sites excluding steroid dienone is 3. The number of rotatable bonds is 22. The number of nitrogens with one attached hydrogen (secondary N) is 3. The van der Waals surface area contributed by atoms with E-state index < -0.39 is 0 Å². The third-order valence-electron chi connectivity index (χ3n) is 13.9. The number of nitrogens with two attached hydrogens (primary N) is 1. The van der Waals surface area contributed by atoms with E-state index in [0.717, 1.165) is 99.7 Å². The van der Waals surface area contributed by atoms with Gasteiger partial charge in [0.15, 0.2) is 17.3 Å². The number of aromatic hydroxyl groups is 1. The van der Waals surface area contributed by atoms with Gasteiger partial charge in [-0.15, -0.1) is 0 Å².